The lowest BCUT2D eigenvalue weighted by Crippen LogP contribution is -2.25. The highest BCUT2D eigenvalue weighted by Gasteiger charge is 2.16. The quantitative estimate of drug-likeness (QED) is 0.511. The molecule has 0 amide bonds. The summed E-state index contributed by atoms with van der Waals surface area (Å²) >= 11 is 4.22. The lowest BCUT2D eigenvalue weighted by atomic mass is 10.1. The van der Waals surface area contributed by atoms with Gasteiger partial charge in [0.15, 0.2) is 0 Å². The highest BCUT2D eigenvalue weighted by Crippen LogP contribution is 2.25. The van der Waals surface area contributed by atoms with Gasteiger partial charge in [-0.25, -0.2) is 0 Å². The van der Waals surface area contributed by atoms with E-state index in [0.29, 0.717) is 0 Å². The van der Waals surface area contributed by atoms with Crippen LogP contribution in [0, 0.1) is 5.92 Å². The molecule has 0 radical (unpaired) electrons. The number of hydrogen-bond donors (Lipinski definition) is 1. The third-order valence-electron chi connectivity index (χ3n) is 2.99. The molecule has 2 heteroatoms. The third-order valence-corrected chi connectivity index (χ3v) is 3.31. The highest BCUT2D eigenvalue weighted by molar-refractivity contribution is 7.80. The second kappa shape index (κ2) is 6.72. The van der Waals surface area contributed by atoms with Crippen LogP contribution < -0.4 is 0 Å². The molecule has 0 aromatic rings. The summed E-state index contributed by atoms with van der Waals surface area (Å²) in [4.78, 5) is 2.50. The highest BCUT2D eigenvalue weighted by atomic mass is 32.1. The summed E-state index contributed by atoms with van der Waals surface area (Å²) in [6.07, 6.45) is 8.45. The molecule has 1 fully saturated rings. The lowest BCUT2D eigenvalue weighted by molar-refractivity contribution is 0.275. The maximum atomic E-state index is 4.22. The Hall–Kier alpha value is 0.310. The van der Waals surface area contributed by atoms with Crippen molar-refractivity contribution in [2.45, 2.75) is 38.5 Å². The summed E-state index contributed by atoms with van der Waals surface area (Å²) in [6, 6.07) is 0. The van der Waals surface area contributed by atoms with Crippen molar-refractivity contribution < 1.29 is 0 Å². The second-order valence-corrected chi connectivity index (χ2v) is 4.79. The monoisotopic (exact) mass is 201 g/mol. The first kappa shape index (κ1) is 11.4. The largest absolute Gasteiger partial charge is 0.306 e. The van der Waals surface area contributed by atoms with Gasteiger partial charge in [-0.15, -0.1) is 0 Å². The number of rotatable bonds is 6. The van der Waals surface area contributed by atoms with Crippen molar-refractivity contribution in [3.63, 3.8) is 0 Å². The zero-order valence-corrected chi connectivity index (χ0v) is 9.73. The molecule has 0 N–H and O–H groups in total. The summed E-state index contributed by atoms with van der Waals surface area (Å²) < 4.78 is 0. The van der Waals surface area contributed by atoms with Gasteiger partial charge in [-0.05, 0) is 50.9 Å². The van der Waals surface area contributed by atoms with Gasteiger partial charge in [-0.2, -0.15) is 12.6 Å². The molecule has 1 aliphatic carbocycles. The van der Waals surface area contributed by atoms with Crippen LogP contribution in [0.15, 0.2) is 0 Å². The van der Waals surface area contributed by atoms with Crippen LogP contribution in [-0.4, -0.2) is 30.8 Å². The number of nitrogens with zero attached hydrogens (tertiary/aromatic N) is 1. The smallest absolute Gasteiger partial charge is 0.000661 e. The first-order valence-electron chi connectivity index (χ1n) is 5.62. The van der Waals surface area contributed by atoms with E-state index in [0.717, 1.165) is 11.7 Å². The van der Waals surface area contributed by atoms with Crippen molar-refractivity contribution >= 4 is 12.6 Å². The summed E-state index contributed by atoms with van der Waals surface area (Å²) in [5.41, 5.74) is 0. The minimum absolute atomic E-state index is 1.00. The summed E-state index contributed by atoms with van der Waals surface area (Å²) in [7, 11) is 2.26. The van der Waals surface area contributed by atoms with E-state index in [-0.39, 0.29) is 0 Å². The Morgan fingerprint density at radius 1 is 1.23 bits per heavy atom. The topological polar surface area (TPSA) is 3.24 Å². The first-order valence-corrected chi connectivity index (χ1v) is 6.25. The van der Waals surface area contributed by atoms with E-state index in [1.54, 1.807) is 0 Å². The molecule has 0 aromatic heterocycles. The third kappa shape index (κ3) is 4.92. The molecular formula is C11H23NS. The van der Waals surface area contributed by atoms with Gasteiger partial charge >= 0.3 is 0 Å². The molecule has 0 aliphatic heterocycles. The van der Waals surface area contributed by atoms with Crippen LogP contribution >= 0.6 is 12.6 Å². The Morgan fingerprint density at radius 3 is 2.54 bits per heavy atom. The van der Waals surface area contributed by atoms with Gasteiger partial charge in [0.2, 0.25) is 0 Å². The summed E-state index contributed by atoms with van der Waals surface area (Å²) in [6.45, 7) is 2.59. The molecule has 0 atom stereocenters. The van der Waals surface area contributed by atoms with Gasteiger partial charge in [0.05, 0.1) is 0 Å². The minimum Gasteiger partial charge on any atom is -0.306 e. The second-order valence-electron chi connectivity index (χ2n) is 4.34. The fourth-order valence-electron chi connectivity index (χ4n) is 2.22. The van der Waals surface area contributed by atoms with Crippen molar-refractivity contribution in [2.24, 2.45) is 5.92 Å². The molecule has 1 rings (SSSR count). The Morgan fingerprint density at radius 2 is 1.92 bits per heavy atom. The molecule has 0 bridgehead atoms. The maximum absolute atomic E-state index is 4.22. The van der Waals surface area contributed by atoms with Crippen LogP contribution in [-0.2, 0) is 0 Å². The van der Waals surface area contributed by atoms with E-state index < -0.39 is 0 Å². The normalized spacial score (nSPS) is 18.7. The van der Waals surface area contributed by atoms with Crippen LogP contribution in [0.5, 0.6) is 0 Å². The van der Waals surface area contributed by atoms with Gasteiger partial charge in [-0.1, -0.05) is 12.8 Å². The molecule has 0 aromatic carbocycles. The van der Waals surface area contributed by atoms with Gasteiger partial charge in [0.1, 0.15) is 0 Å². The van der Waals surface area contributed by atoms with E-state index in [2.05, 4.69) is 24.6 Å². The predicted octanol–water partition coefficient (Wildman–Crippen LogP) is 2.82. The average molecular weight is 201 g/mol. The van der Waals surface area contributed by atoms with E-state index >= 15 is 0 Å². The van der Waals surface area contributed by atoms with Crippen LogP contribution in [0.25, 0.3) is 0 Å². The van der Waals surface area contributed by atoms with Crippen molar-refractivity contribution in [3.8, 4) is 0 Å². The SMILES string of the molecule is CN(CCCCS)CC1CCCC1. The Kier molecular flexibility index (Phi) is 5.88. The fraction of sp³-hybridized carbons (Fsp3) is 1.00. The van der Waals surface area contributed by atoms with Crippen molar-refractivity contribution in [2.75, 3.05) is 25.9 Å². The van der Waals surface area contributed by atoms with Crippen LogP contribution in [0.3, 0.4) is 0 Å². The maximum Gasteiger partial charge on any atom is 0.000661 e. The van der Waals surface area contributed by atoms with Crippen LogP contribution in [0.4, 0.5) is 0 Å². The molecule has 0 spiro atoms. The predicted molar refractivity (Wildman–Crippen MR) is 62.5 cm³/mol. The van der Waals surface area contributed by atoms with Gasteiger partial charge in [0.25, 0.3) is 0 Å². The molecule has 78 valence electrons. The van der Waals surface area contributed by atoms with E-state index in [4.69, 9.17) is 0 Å². The van der Waals surface area contributed by atoms with Crippen molar-refractivity contribution in [3.05, 3.63) is 0 Å². The molecule has 1 aliphatic rings. The zero-order valence-electron chi connectivity index (χ0n) is 8.84. The molecule has 0 saturated heterocycles. The zero-order chi connectivity index (χ0) is 9.52. The van der Waals surface area contributed by atoms with Crippen molar-refractivity contribution in [1.29, 1.82) is 0 Å². The van der Waals surface area contributed by atoms with Crippen molar-refractivity contribution in [1.82, 2.24) is 4.90 Å². The van der Waals surface area contributed by atoms with E-state index in [1.807, 2.05) is 0 Å². The molecule has 1 nitrogen and oxygen atoms in total. The van der Waals surface area contributed by atoms with Crippen LogP contribution in [0.2, 0.25) is 0 Å². The van der Waals surface area contributed by atoms with E-state index in [9.17, 15) is 0 Å². The van der Waals surface area contributed by atoms with Crippen LogP contribution in [0.1, 0.15) is 38.5 Å². The first-order chi connectivity index (χ1) is 6.33. The Labute approximate surface area is 88.3 Å². The van der Waals surface area contributed by atoms with Gasteiger partial charge in [0, 0.05) is 6.54 Å². The fourth-order valence-corrected chi connectivity index (χ4v) is 2.44. The standard InChI is InChI=1S/C11H23NS/c1-12(8-4-5-9-13)10-11-6-2-3-7-11/h11,13H,2-10H2,1H3. The molecule has 0 heterocycles. The molecular weight excluding hydrogens is 178 g/mol. The summed E-state index contributed by atoms with van der Waals surface area (Å²) in [5, 5.41) is 0. The minimum atomic E-state index is 1.00. The number of hydrogen-bond acceptors (Lipinski definition) is 2. The number of thiol groups is 1. The molecule has 1 saturated carbocycles. The Bertz CT molecular complexity index is 121. The van der Waals surface area contributed by atoms with Gasteiger partial charge < -0.3 is 4.90 Å². The van der Waals surface area contributed by atoms with E-state index in [1.165, 1.54) is 51.6 Å². The van der Waals surface area contributed by atoms with Gasteiger partial charge in [-0.3, -0.25) is 0 Å². The number of unbranched alkanes of at least 4 members (excludes halogenated alkanes) is 1. The summed E-state index contributed by atoms with van der Waals surface area (Å²) in [5.74, 6) is 2.04. The molecule has 0 unspecified atom stereocenters. The average Bonchev–Trinajstić information content (AvgIpc) is 2.57. The molecule has 13 heavy (non-hydrogen) atoms. The Balaban J connectivity index is 1.99. The lowest BCUT2D eigenvalue weighted by Gasteiger charge is -2.20.